The van der Waals surface area contributed by atoms with E-state index in [2.05, 4.69) is 25.4 Å². The fraction of sp³-hybridized carbons (Fsp3) is 0.333. The minimum Gasteiger partial charge on any atom is -0.484 e. The van der Waals surface area contributed by atoms with Gasteiger partial charge < -0.3 is 4.74 Å². The molecule has 0 heterocycles. The zero-order chi connectivity index (χ0) is 13.8. The highest BCUT2D eigenvalue weighted by atomic mass is 79.9. The van der Waals surface area contributed by atoms with Crippen molar-refractivity contribution in [2.24, 2.45) is 0 Å². The first kappa shape index (κ1) is 15.1. The Kier molecular flexibility index (Phi) is 4.85. The van der Waals surface area contributed by atoms with Crippen LogP contribution in [0.4, 0.5) is 18.9 Å². The molecule has 0 amide bonds. The van der Waals surface area contributed by atoms with Gasteiger partial charge in [-0.3, -0.25) is 4.72 Å². The fourth-order valence-corrected chi connectivity index (χ4v) is 1.88. The number of halogens is 4. The number of rotatable bonds is 5. The summed E-state index contributed by atoms with van der Waals surface area (Å²) in [5.41, 5.74) is 0.244. The third kappa shape index (κ3) is 5.58. The molecule has 0 saturated heterocycles. The lowest BCUT2D eigenvalue weighted by Crippen LogP contribution is -2.19. The first-order chi connectivity index (χ1) is 8.22. The summed E-state index contributed by atoms with van der Waals surface area (Å²) in [6.45, 7) is -1.39. The fourth-order valence-electron chi connectivity index (χ4n) is 0.991. The van der Waals surface area contributed by atoms with Crippen LogP contribution >= 0.6 is 15.9 Å². The minimum absolute atomic E-state index is 0.00844. The quantitative estimate of drug-likeness (QED) is 0.833. The standard InChI is InChI=1S/C9H9BrF3NO3S/c10-6-18(15,16)14-7-1-3-8(4-2-7)17-5-9(11,12)13/h1-4,14H,5-6H2. The van der Waals surface area contributed by atoms with Gasteiger partial charge in [0.25, 0.3) is 0 Å². The lowest BCUT2D eigenvalue weighted by Gasteiger charge is -2.10. The van der Waals surface area contributed by atoms with Gasteiger partial charge in [0.05, 0.1) is 0 Å². The van der Waals surface area contributed by atoms with Crippen LogP contribution in [0.1, 0.15) is 0 Å². The molecule has 18 heavy (non-hydrogen) atoms. The Morgan fingerprint density at radius 3 is 2.22 bits per heavy atom. The van der Waals surface area contributed by atoms with E-state index in [0.29, 0.717) is 0 Å². The maximum atomic E-state index is 11.9. The summed E-state index contributed by atoms with van der Waals surface area (Å²) in [7, 11) is -3.48. The Hall–Kier alpha value is -0.960. The molecule has 0 fully saturated rings. The largest absolute Gasteiger partial charge is 0.484 e. The van der Waals surface area contributed by atoms with Crippen molar-refractivity contribution in [2.75, 3.05) is 16.0 Å². The number of alkyl halides is 4. The Morgan fingerprint density at radius 2 is 1.78 bits per heavy atom. The van der Waals surface area contributed by atoms with Crippen LogP contribution in [0.25, 0.3) is 0 Å². The van der Waals surface area contributed by atoms with E-state index in [1.807, 2.05) is 0 Å². The number of ether oxygens (including phenoxy) is 1. The van der Waals surface area contributed by atoms with Crippen molar-refractivity contribution in [3.8, 4) is 5.75 Å². The van der Waals surface area contributed by atoms with Gasteiger partial charge in [-0.05, 0) is 24.3 Å². The molecule has 0 aliphatic carbocycles. The van der Waals surface area contributed by atoms with Gasteiger partial charge in [0.2, 0.25) is 10.0 Å². The molecule has 1 aromatic carbocycles. The van der Waals surface area contributed by atoms with Crippen LogP contribution in [0.5, 0.6) is 5.75 Å². The monoisotopic (exact) mass is 347 g/mol. The minimum atomic E-state index is -4.41. The molecule has 0 unspecified atom stereocenters. The average Bonchev–Trinajstić information content (AvgIpc) is 2.27. The van der Waals surface area contributed by atoms with E-state index < -0.39 is 22.8 Å². The smallest absolute Gasteiger partial charge is 0.422 e. The van der Waals surface area contributed by atoms with Crippen LogP contribution in [-0.2, 0) is 10.0 Å². The number of benzene rings is 1. The summed E-state index contributed by atoms with van der Waals surface area (Å²) in [4.78, 5) is 0. The SMILES string of the molecule is O=S(=O)(CBr)Nc1ccc(OCC(F)(F)F)cc1. The molecule has 4 nitrogen and oxygen atoms in total. The van der Waals surface area contributed by atoms with Gasteiger partial charge in [-0.15, -0.1) is 0 Å². The van der Waals surface area contributed by atoms with Crippen LogP contribution in [0.15, 0.2) is 24.3 Å². The highest BCUT2D eigenvalue weighted by Gasteiger charge is 2.28. The number of nitrogens with one attached hydrogen (secondary N) is 1. The van der Waals surface area contributed by atoms with E-state index in [1.54, 1.807) is 0 Å². The van der Waals surface area contributed by atoms with E-state index in [-0.39, 0.29) is 16.1 Å². The molecular formula is C9H9BrF3NO3S. The predicted molar refractivity (Wildman–Crippen MR) is 64.3 cm³/mol. The highest BCUT2D eigenvalue weighted by molar-refractivity contribution is 9.10. The summed E-state index contributed by atoms with van der Waals surface area (Å²) in [5.74, 6) is 0.00844. The number of hydrogen-bond donors (Lipinski definition) is 1. The van der Waals surface area contributed by atoms with Crippen molar-refractivity contribution in [1.82, 2.24) is 0 Å². The molecule has 0 aromatic heterocycles. The lowest BCUT2D eigenvalue weighted by molar-refractivity contribution is -0.153. The van der Waals surface area contributed by atoms with E-state index >= 15 is 0 Å². The number of hydrogen-bond acceptors (Lipinski definition) is 3. The van der Waals surface area contributed by atoms with Crippen LogP contribution < -0.4 is 9.46 Å². The van der Waals surface area contributed by atoms with Crippen LogP contribution in [0.2, 0.25) is 0 Å². The molecular weight excluding hydrogens is 339 g/mol. The van der Waals surface area contributed by atoms with Gasteiger partial charge in [-0.25, -0.2) is 8.42 Å². The van der Waals surface area contributed by atoms with Crippen molar-refractivity contribution >= 4 is 31.6 Å². The van der Waals surface area contributed by atoms with E-state index in [0.717, 1.165) is 0 Å². The van der Waals surface area contributed by atoms with Gasteiger partial charge >= 0.3 is 6.18 Å². The van der Waals surface area contributed by atoms with Gasteiger partial charge in [-0.2, -0.15) is 13.2 Å². The Bertz CT molecular complexity index is 487. The van der Waals surface area contributed by atoms with Crippen LogP contribution in [0, 0.1) is 0 Å². The lowest BCUT2D eigenvalue weighted by atomic mass is 10.3. The second-order valence-electron chi connectivity index (χ2n) is 3.25. The van der Waals surface area contributed by atoms with E-state index in [1.165, 1.54) is 24.3 Å². The van der Waals surface area contributed by atoms with Crippen molar-refractivity contribution in [1.29, 1.82) is 0 Å². The number of sulfonamides is 1. The molecule has 9 heteroatoms. The molecule has 102 valence electrons. The Morgan fingerprint density at radius 1 is 1.22 bits per heavy atom. The maximum absolute atomic E-state index is 11.9. The van der Waals surface area contributed by atoms with E-state index in [4.69, 9.17) is 0 Å². The third-order valence-corrected chi connectivity index (χ3v) is 4.32. The molecule has 0 aliphatic heterocycles. The van der Waals surface area contributed by atoms with Crippen LogP contribution in [-0.4, -0.2) is 25.9 Å². The molecule has 0 atom stereocenters. The van der Waals surface area contributed by atoms with E-state index in [9.17, 15) is 21.6 Å². The summed E-state index contributed by atoms with van der Waals surface area (Å²) in [6.07, 6.45) is -4.41. The molecule has 0 radical (unpaired) electrons. The predicted octanol–water partition coefficient (Wildman–Crippen LogP) is 2.72. The normalized spacial score (nSPS) is 12.2. The summed E-state index contributed by atoms with van der Waals surface area (Å²) in [6, 6.07) is 5.12. The Labute approximate surface area is 110 Å². The summed E-state index contributed by atoms with van der Waals surface area (Å²) in [5, 5.41) is 0. The molecule has 1 aromatic rings. The maximum Gasteiger partial charge on any atom is 0.422 e. The van der Waals surface area contributed by atoms with Gasteiger partial charge in [0, 0.05) is 5.69 Å². The number of anilines is 1. The first-order valence-electron chi connectivity index (χ1n) is 4.58. The second kappa shape index (κ2) is 5.79. The van der Waals surface area contributed by atoms with Gasteiger partial charge in [0.15, 0.2) is 6.61 Å². The van der Waals surface area contributed by atoms with Crippen molar-refractivity contribution in [2.45, 2.75) is 6.18 Å². The molecule has 1 rings (SSSR count). The zero-order valence-corrected chi connectivity index (χ0v) is 11.3. The van der Waals surface area contributed by atoms with Crippen LogP contribution in [0.3, 0.4) is 0 Å². The zero-order valence-electron chi connectivity index (χ0n) is 8.87. The highest BCUT2D eigenvalue weighted by Crippen LogP contribution is 2.20. The Balaban J connectivity index is 2.63. The molecule has 0 spiro atoms. The van der Waals surface area contributed by atoms with Crippen molar-refractivity contribution < 1.29 is 26.3 Å². The van der Waals surface area contributed by atoms with Gasteiger partial charge in [0.1, 0.15) is 10.4 Å². The second-order valence-corrected chi connectivity index (χ2v) is 6.28. The summed E-state index contributed by atoms with van der Waals surface area (Å²) >= 11 is 2.79. The third-order valence-electron chi connectivity index (χ3n) is 1.67. The van der Waals surface area contributed by atoms with Crippen molar-refractivity contribution in [3.63, 3.8) is 0 Å². The molecule has 0 saturated carbocycles. The average molecular weight is 348 g/mol. The molecule has 1 N–H and O–H groups in total. The topological polar surface area (TPSA) is 55.4 Å². The molecule has 0 bridgehead atoms. The first-order valence-corrected chi connectivity index (χ1v) is 7.35. The van der Waals surface area contributed by atoms with Gasteiger partial charge in [-0.1, -0.05) is 15.9 Å². The summed E-state index contributed by atoms with van der Waals surface area (Å²) < 4.78 is 64.4. The molecule has 0 aliphatic rings. The van der Waals surface area contributed by atoms with Crippen molar-refractivity contribution in [3.05, 3.63) is 24.3 Å².